The van der Waals surface area contributed by atoms with Gasteiger partial charge in [0.25, 0.3) is 0 Å². The number of ether oxygens (including phenoxy) is 1. The van der Waals surface area contributed by atoms with E-state index in [9.17, 15) is 8.42 Å². The van der Waals surface area contributed by atoms with Crippen molar-refractivity contribution >= 4 is 21.6 Å². The van der Waals surface area contributed by atoms with Crippen molar-refractivity contribution in [3.8, 4) is 0 Å². The van der Waals surface area contributed by atoms with Crippen LogP contribution in [0.4, 0.5) is 0 Å². The van der Waals surface area contributed by atoms with Gasteiger partial charge in [-0.3, -0.25) is 0 Å². The van der Waals surface area contributed by atoms with E-state index in [1.54, 1.807) is 28.6 Å². The molecule has 1 aliphatic heterocycles. The number of morpholine rings is 1. The normalized spacial score (nSPS) is 22.0. The second-order valence-corrected chi connectivity index (χ2v) is 8.86. The van der Waals surface area contributed by atoms with Gasteiger partial charge in [-0.05, 0) is 36.6 Å². The van der Waals surface area contributed by atoms with E-state index in [4.69, 9.17) is 16.3 Å². The lowest BCUT2D eigenvalue weighted by Gasteiger charge is -2.36. The van der Waals surface area contributed by atoms with Crippen LogP contribution in [0.15, 0.2) is 54.6 Å². The first-order chi connectivity index (χ1) is 11.9. The number of sulfonamides is 1. The van der Waals surface area contributed by atoms with Gasteiger partial charge in [-0.15, -0.1) is 0 Å². The highest BCUT2D eigenvalue weighted by Crippen LogP contribution is 2.21. The third kappa shape index (κ3) is 5.05. The molecule has 0 N–H and O–H groups in total. The van der Waals surface area contributed by atoms with Gasteiger partial charge < -0.3 is 4.74 Å². The van der Waals surface area contributed by atoms with Gasteiger partial charge in [0.05, 0.1) is 18.0 Å². The van der Waals surface area contributed by atoms with Crippen LogP contribution in [0, 0.1) is 0 Å². The number of halogens is 1. The van der Waals surface area contributed by atoms with Crippen molar-refractivity contribution in [3.05, 3.63) is 70.7 Å². The summed E-state index contributed by atoms with van der Waals surface area (Å²) in [7, 11) is -3.40. The molecule has 0 spiro atoms. The number of benzene rings is 2. The van der Waals surface area contributed by atoms with Crippen molar-refractivity contribution < 1.29 is 13.2 Å². The maximum atomic E-state index is 12.8. The summed E-state index contributed by atoms with van der Waals surface area (Å²) in [6, 6.07) is 16.9. The second kappa shape index (κ2) is 7.87. The predicted octanol–water partition coefficient (Wildman–Crippen LogP) is 3.50. The highest BCUT2D eigenvalue weighted by molar-refractivity contribution is 7.88. The van der Waals surface area contributed by atoms with E-state index in [2.05, 4.69) is 0 Å². The molecule has 25 heavy (non-hydrogen) atoms. The average Bonchev–Trinajstić information content (AvgIpc) is 2.57. The van der Waals surface area contributed by atoms with Gasteiger partial charge in [0.15, 0.2) is 0 Å². The molecular weight excluding hydrogens is 358 g/mol. The fourth-order valence-corrected chi connectivity index (χ4v) is 4.86. The molecule has 134 valence electrons. The molecule has 2 unspecified atom stereocenters. The molecule has 1 saturated heterocycles. The zero-order valence-electron chi connectivity index (χ0n) is 14.1. The van der Waals surface area contributed by atoms with Crippen LogP contribution in [0.3, 0.4) is 0 Å². The summed E-state index contributed by atoms with van der Waals surface area (Å²) in [6.45, 7) is 2.69. The van der Waals surface area contributed by atoms with Crippen molar-refractivity contribution in [1.29, 1.82) is 0 Å². The number of hydrogen-bond acceptors (Lipinski definition) is 3. The van der Waals surface area contributed by atoms with E-state index in [1.807, 2.05) is 37.3 Å². The maximum absolute atomic E-state index is 12.8. The summed E-state index contributed by atoms with van der Waals surface area (Å²) in [4.78, 5) is 0. The minimum atomic E-state index is -3.40. The van der Waals surface area contributed by atoms with Crippen molar-refractivity contribution in [1.82, 2.24) is 4.31 Å². The van der Waals surface area contributed by atoms with Gasteiger partial charge in [-0.25, -0.2) is 8.42 Å². The lowest BCUT2D eigenvalue weighted by Crippen LogP contribution is -2.50. The molecule has 0 bridgehead atoms. The number of nitrogens with zero attached hydrogens (tertiary/aromatic N) is 1. The SMILES string of the molecule is CC1CN(S(=O)(=O)Cc2ccc(Cl)cc2)CC(Cc2ccccc2)O1. The Labute approximate surface area is 154 Å². The molecule has 4 nitrogen and oxygen atoms in total. The lowest BCUT2D eigenvalue weighted by molar-refractivity contribution is -0.0529. The summed E-state index contributed by atoms with van der Waals surface area (Å²) >= 11 is 5.87. The minimum Gasteiger partial charge on any atom is -0.372 e. The molecule has 0 aromatic heterocycles. The molecule has 0 amide bonds. The van der Waals surface area contributed by atoms with E-state index in [1.165, 1.54) is 0 Å². The van der Waals surface area contributed by atoms with Gasteiger partial charge >= 0.3 is 0 Å². The molecule has 2 aromatic carbocycles. The number of hydrogen-bond donors (Lipinski definition) is 0. The molecule has 6 heteroatoms. The highest BCUT2D eigenvalue weighted by atomic mass is 35.5. The molecule has 2 aromatic rings. The van der Waals surface area contributed by atoms with E-state index in [-0.39, 0.29) is 18.0 Å². The molecular formula is C19H22ClNO3S. The molecule has 1 fully saturated rings. The van der Waals surface area contributed by atoms with Gasteiger partial charge in [-0.1, -0.05) is 54.1 Å². The fourth-order valence-electron chi connectivity index (χ4n) is 3.10. The van der Waals surface area contributed by atoms with Gasteiger partial charge in [0, 0.05) is 18.1 Å². The molecule has 1 heterocycles. The first kappa shape index (κ1) is 18.4. The summed E-state index contributed by atoms with van der Waals surface area (Å²) in [5.74, 6) is -0.0189. The highest BCUT2D eigenvalue weighted by Gasteiger charge is 2.32. The topological polar surface area (TPSA) is 46.6 Å². The van der Waals surface area contributed by atoms with Crippen molar-refractivity contribution in [2.75, 3.05) is 13.1 Å². The van der Waals surface area contributed by atoms with Crippen LogP contribution < -0.4 is 0 Å². The Bertz CT molecular complexity index is 793. The standard InChI is InChI=1S/C19H22ClNO3S/c1-15-12-21(13-19(24-15)11-16-5-3-2-4-6-16)25(22,23)14-17-7-9-18(20)10-8-17/h2-10,15,19H,11-14H2,1H3. The Kier molecular flexibility index (Phi) is 5.79. The zero-order valence-corrected chi connectivity index (χ0v) is 15.7. The molecule has 1 aliphatic rings. The van der Waals surface area contributed by atoms with E-state index in [0.717, 1.165) is 11.1 Å². The third-order valence-electron chi connectivity index (χ3n) is 4.25. The second-order valence-electron chi connectivity index (χ2n) is 6.46. The van der Waals surface area contributed by atoms with Crippen LogP contribution in [0.1, 0.15) is 18.1 Å². The predicted molar refractivity (Wildman–Crippen MR) is 100 cm³/mol. The number of rotatable bonds is 5. The lowest BCUT2D eigenvalue weighted by atomic mass is 10.1. The zero-order chi connectivity index (χ0) is 17.9. The Hall–Kier alpha value is -1.40. The molecule has 3 rings (SSSR count). The Balaban J connectivity index is 1.70. The van der Waals surface area contributed by atoms with Crippen LogP contribution in [-0.4, -0.2) is 38.0 Å². The molecule has 2 atom stereocenters. The van der Waals surface area contributed by atoms with Gasteiger partial charge in [-0.2, -0.15) is 4.31 Å². The Morgan fingerprint density at radius 1 is 1.04 bits per heavy atom. The quantitative estimate of drug-likeness (QED) is 0.798. The third-order valence-corrected chi connectivity index (χ3v) is 6.29. The summed E-state index contributed by atoms with van der Waals surface area (Å²) < 4.78 is 33.2. The van der Waals surface area contributed by atoms with E-state index in [0.29, 0.717) is 24.5 Å². The van der Waals surface area contributed by atoms with Gasteiger partial charge in [0.1, 0.15) is 0 Å². The van der Waals surface area contributed by atoms with Crippen LogP contribution in [-0.2, 0) is 26.9 Å². The Morgan fingerprint density at radius 3 is 2.40 bits per heavy atom. The summed E-state index contributed by atoms with van der Waals surface area (Å²) in [6.07, 6.45) is 0.451. The van der Waals surface area contributed by atoms with E-state index < -0.39 is 10.0 Å². The average molecular weight is 380 g/mol. The van der Waals surface area contributed by atoms with Crippen molar-refractivity contribution in [2.24, 2.45) is 0 Å². The summed E-state index contributed by atoms with van der Waals surface area (Å²) in [5, 5.41) is 0.601. The molecule has 0 aliphatic carbocycles. The molecule has 0 radical (unpaired) electrons. The van der Waals surface area contributed by atoms with Crippen molar-refractivity contribution in [2.45, 2.75) is 31.3 Å². The minimum absolute atomic E-state index is 0.0189. The van der Waals surface area contributed by atoms with Gasteiger partial charge in [0.2, 0.25) is 10.0 Å². The monoisotopic (exact) mass is 379 g/mol. The first-order valence-electron chi connectivity index (χ1n) is 8.34. The summed E-state index contributed by atoms with van der Waals surface area (Å²) in [5.41, 5.74) is 1.89. The first-order valence-corrected chi connectivity index (χ1v) is 10.3. The van der Waals surface area contributed by atoms with Crippen molar-refractivity contribution in [3.63, 3.8) is 0 Å². The van der Waals surface area contributed by atoms with E-state index >= 15 is 0 Å². The van der Waals surface area contributed by atoms with Crippen LogP contribution in [0.5, 0.6) is 0 Å². The molecule has 0 saturated carbocycles. The van der Waals surface area contributed by atoms with Crippen LogP contribution in [0.25, 0.3) is 0 Å². The largest absolute Gasteiger partial charge is 0.372 e. The van der Waals surface area contributed by atoms with Crippen LogP contribution in [0.2, 0.25) is 5.02 Å². The van der Waals surface area contributed by atoms with Crippen LogP contribution >= 0.6 is 11.6 Å². The smallest absolute Gasteiger partial charge is 0.218 e. The fraction of sp³-hybridized carbons (Fsp3) is 0.368. The Morgan fingerprint density at radius 2 is 1.72 bits per heavy atom. The maximum Gasteiger partial charge on any atom is 0.218 e.